The van der Waals surface area contributed by atoms with Gasteiger partial charge in [-0.2, -0.15) is 5.01 Å². The number of fused-ring (bicyclic) bond motifs is 2. The average Bonchev–Trinajstić information content (AvgIpc) is 3.19. The highest BCUT2D eigenvalue weighted by molar-refractivity contribution is 6.21. The molecule has 0 saturated carbocycles. The fourth-order valence-electron chi connectivity index (χ4n) is 5.53. The van der Waals surface area contributed by atoms with Crippen LogP contribution in [0.25, 0.3) is 11.8 Å². The molecule has 11 heteroatoms. The molecule has 10 nitrogen and oxygen atoms in total. The number of amides is 2. The number of anilines is 1. The summed E-state index contributed by atoms with van der Waals surface area (Å²) in [6.45, 7) is 1.61. The Hall–Kier alpha value is -5.84. The van der Waals surface area contributed by atoms with Crippen LogP contribution in [0, 0.1) is 15.9 Å². The van der Waals surface area contributed by atoms with Crippen molar-refractivity contribution in [3.8, 4) is 0 Å². The minimum absolute atomic E-state index is 0.0179. The standard InChI is InChI=1S/C33H25FN4O6/c1-2-44-33(41)30-29(35-23-14-16-24(17-15-23)38(42)43)27-19-22(34)13-12-21(27)18-28(20-8-4-3-5-9-20)36(30)37-31(39)25-10-6-7-11-26(25)32(37)40/h3-19,29-30,35H,2H2,1H3/t29-,30-/m0/s1. The number of halogens is 1. The maximum Gasteiger partial charge on any atom is 0.333 e. The molecule has 0 unspecified atom stereocenters. The van der Waals surface area contributed by atoms with E-state index >= 15 is 0 Å². The first kappa shape index (κ1) is 28.3. The number of hydrazine groups is 1. The molecule has 2 amide bonds. The highest BCUT2D eigenvalue weighted by Gasteiger charge is 2.49. The zero-order valence-corrected chi connectivity index (χ0v) is 23.3. The number of esters is 1. The Bertz CT molecular complexity index is 1790. The number of imide groups is 1. The van der Waals surface area contributed by atoms with E-state index in [2.05, 4.69) is 5.32 Å². The Balaban J connectivity index is 1.60. The topological polar surface area (TPSA) is 122 Å². The number of nitro benzene ring substituents is 1. The van der Waals surface area contributed by atoms with Gasteiger partial charge in [-0.25, -0.2) is 9.18 Å². The molecule has 2 heterocycles. The maximum absolute atomic E-state index is 14.9. The second-order valence-corrected chi connectivity index (χ2v) is 10.1. The van der Waals surface area contributed by atoms with Gasteiger partial charge in [0.15, 0.2) is 6.04 Å². The molecular formula is C33H25FN4O6. The van der Waals surface area contributed by atoms with Gasteiger partial charge in [0, 0.05) is 17.8 Å². The summed E-state index contributed by atoms with van der Waals surface area (Å²) in [5, 5.41) is 16.7. The number of carbonyl (C=O) groups excluding carboxylic acids is 3. The normalized spacial score (nSPS) is 17.4. The van der Waals surface area contributed by atoms with Crippen LogP contribution in [0.15, 0.2) is 97.1 Å². The zero-order chi connectivity index (χ0) is 31.0. The monoisotopic (exact) mass is 592 g/mol. The van der Waals surface area contributed by atoms with Gasteiger partial charge in [0.1, 0.15) is 5.82 Å². The molecule has 0 aromatic heterocycles. The molecule has 2 aliphatic rings. The number of ether oxygens (including phenoxy) is 1. The summed E-state index contributed by atoms with van der Waals surface area (Å²) in [4.78, 5) is 52.7. The Morgan fingerprint density at radius 2 is 1.57 bits per heavy atom. The first-order valence-corrected chi connectivity index (χ1v) is 13.8. The molecular weight excluding hydrogens is 567 g/mol. The molecule has 0 fully saturated rings. The number of non-ortho nitro benzene ring substituents is 1. The zero-order valence-electron chi connectivity index (χ0n) is 23.3. The van der Waals surface area contributed by atoms with E-state index < -0.39 is 40.6 Å². The van der Waals surface area contributed by atoms with Crippen LogP contribution in [-0.2, 0) is 9.53 Å². The van der Waals surface area contributed by atoms with Gasteiger partial charge in [-0.05, 0) is 66.1 Å². The van der Waals surface area contributed by atoms with Crippen LogP contribution >= 0.6 is 0 Å². The van der Waals surface area contributed by atoms with Crippen molar-refractivity contribution < 1.29 is 28.4 Å². The molecule has 4 aromatic rings. The Kier molecular flexibility index (Phi) is 7.36. The number of hydrogen-bond donors (Lipinski definition) is 1. The van der Waals surface area contributed by atoms with E-state index in [-0.39, 0.29) is 23.4 Å². The number of nitrogens with zero attached hydrogens (tertiary/aromatic N) is 3. The molecule has 44 heavy (non-hydrogen) atoms. The van der Waals surface area contributed by atoms with Gasteiger partial charge in [0.25, 0.3) is 17.5 Å². The molecule has 0 saturated heterocycles. The van der Waals surface area contributed by atoms with Crippen molar-refractivity contribution in [1.29, 1.82) is 0 Å². The van der Waals surface area contributed by atoms with Crippen molar-refractivity contribution in [1.82, 2.24) is 10.0 Å². The molecule has 0 radical (unpaired) electrons. The lowest BCUT2D eigenvalue weighted by atomic mass is 9.94. The largest absolute Gasteiger partial charge is 0.464 e. The number of hydrogen-bond acceptors (Lipinski definition) is 8. The van der Waals surface area contributed by atoms with E-state index in [4.69, 9.17) is 4.74 Å². The highest BCUT2D eigenvalue weighted by Crippen LogP contribution is 2.42. The third-order valence-electron chi connectivity index (χ3n) is 7.49. The lowest BCUT2D eigenvalue weighted by Gasteiger charge is -2.41. The molecule has 4 aromatic carbocycles. The Labute approximate surface area is 251 Å². The van der Waals surface area contributed by atoms with Gasteiger partial charge in [0.05, 0.1) is 34.4 Å². The van der Waals surface area contributed by atoms with Crippen molar-refractivity contribution in [3.63, 3.8) is 0 Å². The number of nitro groups is 1. The van der Waals surface area contributed by atoms with E-state index in [1.807, 2.05) is 0 Å². The van der Waals surface area contributed by atoms with Crippen LogP contribution < -0.4 is 5.32 Å². The van der Waals surface area contributed by atoms with E-state index in [0.29, 0.717) is 28.1 Å². The number of nitrogens with one attached hydrogen (secondary N) is 1. The van der Waals surface area contributed by atoms with Crippen LogP contribution in [0.1, 0.15) is 50.4 Å². The van der Waals surface area contributed by atoms with Gasteiger partial charge in [-0.1, -0.05) is 48.5 Å². The average molecular weight is 593 g/mol. The minimum atomic E-state index is -1.43. The summed E-state index contributed by atoms with van der Waals surface area (Å²) >= 11 is 0. The molecule has 2 aliphatic heterocycles. The first-order chi connectivity index (χ1) is 21.3. The van der Waals surface area contributed by atoms with Crippen molar-refractivity contribution in [2.45, 2.75) is 19.0 Å². The third-order valence-corrected chi connectivity index (χ3v) is 7.49. The molecule has 1 N–H and O–H groups in total. The van der Waals surface area contributed by atoms with Crippen molar-refractivity contribution in [2.75, 3.05) is 11.9 Å². The third kappa shape index (κ3) is 4.94. The first-order valence-electron chi connectivity index (χ1n) is 13.8. The van der Waals surface area contributed by atoms with Gasteiger partial charge in [0.2, 0.25) is 0 Å². The van der Waals surface area contributed by atoms with E-state index in [1.54, 1.807) is 61.5 Å². The van der Waals surface area contributed by atoms with Crippen molar-refractivity contribution >= 4 is 40.9 Å². The number of benzene rings is 4. The lowest BCUT2D eigenvalue weighted by molar-refractivity contribution is -0.384. The molecule has 0 aliphatic carbocycles. The summed E-state index contributed by atoms with van der Waals surface area (Å²) in [5.41, 5.74) is 2.30. The van der Waals surface area contributed by atoms with Crippen LogP contribution in [0.2, 0.25) is 0 Å². The van der Waals surface area contributed by atoms with Crippen molar-refractivity contribution in [2.24, 2.45) is 0 Å². The molecule has 0 bridgehead atoms. The number of carbonyl (C=O) groups is 3. The van der Waals surface area contributed by atoms with Gasteiger partial charge in [-0.3, -0.25) is 24.7 Å². The van der Waals surface area contributed by atoms with Gasteiger partial charge >= 0.3 is 5.97 Å². The smallest absolute Gasteiger partial charge is 0.333 e. The molecule has 6 rings (SSSR count). The Morgan fingerprint density at radius 3 is 2.18 bits per heavy atom. The summed E-state index contributed by atoms with van der Waals surface area (Å²) in [5.74, 6) is -2.66. The predicted octanol–water partition coefficient (Wildman–Crippen LogP) is 5.84. The minimum Gasteiger partial charge on any atom is -0.464 e. The summed E-state index contributed by atoms with van der Waals surface area (Å²) in [6, 6.07) is 22.3. The maximum atomic E-state index is 14.9. The van der Waals surface area contributed by atoms with E-state index in [1.165, 1.54) is 53.5 Å². The second-order valence-electron chi connectivity index (χ2n) is 10.1. The molecule has 220 valence electrons. The predicted molar refractivity (Wildman–Crippen MR) is 159 cm³/mol. The van der Waals surface area contributed by atoms with Crippen LogP contribution in [0.3, 0.4) is 0 Å². The fourth-order valence-corrected chi connectivity index (χ4v) is 5.53. The van der Waals surface area contributed by atoms with E-state index in [0.717, 1.165) is 5.01 Å². The molecule has 2 atom stereocenters. The Morgan fingerprint density at radius 1 is 0.932 bits per heavy atom. The fraction of sp³-hybridized carbons (Fsp3) is 0.121. The van der Waals surface area contributed by atoms with Crippen molar-refractivity contribution in [3.05, 3.63) is 141 Å². The lowest BCUT2D eigenvalue weighted by Crippen LogP contribution is -2.56. The number of rotatable bonds is 7. The molecule has 0 spiro atoms. The van der Waals surface area contributed by atoms with Gasteiger partial charge in [-0.15, -0.1) is 0 Å². The summed E-state index contributed by atoms with van der Waals surface area (Å²) in [6.07, 6.45) is 1.69. The quantitative estimate of drug-likeness (QED) is 0.123. The second kappa shape index (κ2) is 11.4. The van der Waals surface area contributed by atoms with E-state index in [9.17, 15) is 28.9 Å². The van der Waals surface area contributed by atoms with Crippen LogP contribution in [0.5, 0.6) is 0 Å². The summed E-state index contributed by atoms with van der Waals surface area (Å²) < 4.78 is 20.4. The SMILES string of the molecule is CCOC(=O)[C@@H]1[C@@H](Nc2ccc([N+](=O)[O-])cc2)c2cc(F)ccc2C=C(c2ccccc2)N1N1C(=O)c2ccccc2C1=O. The van der Waals surface area contributed by atoms with Crippen LogP contribution in [-0.4, -0.2) is 45.4 Å². The highest BCUT2D eigenvalue weighted by atomic mass is 19.1. The van der Waals surface area contributed by atoms with Gasteiger partial charge < -0.3 is 10.1 Å². The summed E-state index contributed by atoms with van der Waals surface area (Å²) in [7, 11) is 0. The van der Waals surface area contributed by atoms with Crippen LogP contribution in [0.4, 0.5) is 15.8 Å².